The van der Waals surface area contributed by atoms with Crippen molar-refractivity contribution in [2.75, 3.05) is 0 Å². The molecule has 78 valence electrons. The maximum Gasteiger partial charge on any atom is 0.198 e. The van der Waals surface area contributed by atoms with E-state index in [1.165, 1.54) is 0 Å². The van der Waals surface area contributed by atoms with Crippen LogP contribution in [0.4, 0.5) is 0 Å². The van der Waals surface area contributed by atoms with Crippen LogP contribution in [-0.2, 0) is 8.57 Å². The Morgan fingerprint density at radius 1 is 1.14 bits per heavy atom. The van der Waals surface area contributed by atoms with Gasteiger partial charge in [-0.1, -0.05) is 74.5 Å². The van der Waals surface area contributed by atoms with Crippen LogP contribution in [0.5, 0.6) is 0 Å². The number of hydrogen-bond acceptors (Lipinski definition) is 0. The van der Waals surface area contributed by atoms with Gasteiger partial charge in [0.2, 0.25) is 0 Å². The minimum absolute atomic E-state index is 0.366. The minimum Gasteiger partial charge on any atom is -0.0876 e. The molecule has 0 amide bonds. The van der Waals surface area contributed by atoms with Crippen molar-refractivity contribution in [3.8, 4) is 0 Å². The van der Waals surface area contributed by atoms with E-state index in [0.717, 1.165) is 5.56 Å². The third kappa shape index (κ3) is 2.93. The summed E-state index contributed by atoms with van der Waals surface area (Å²) in [4.78, 5) is 0. The van der Waals surface area contributed by atoms with E-state index in [2.05, 4.69) is 31.9 Å². The van der Waals surface area contributed by atoms with E-state index >= 15 is 0 Å². The van der Waals surface area contributed by atoms with Gasteiger partial charge in [-0.3, -0.25) is 0 Å². The number of benzene rings is 1. The van der Waals surface area contributed by atoms with E-state index in [-0.39, 0.29) is 0 Å². The Hall–Kier alpha value is 1.34. The summed E-state index contributed by atoms with van der Waals surface area (Å²) in [6.07, 6.45) is 0. The van der Waals surface area contributed by atoms with Gasteiger partial charge in [-0.25, -0.2) is 0 Å². The van der Waals surface area contributed by atoms with E-state index in [1.54, 1.807) is 6.07 Å². The Balaban J connectivity index is 3.31. The molecule has 0 saturated heterocycles. The first-order valence-electron chi connectivity index (χ1n) is 3.48. The van der Waals surface area contributed by atoms with Crippen LogP contribution in [0.2, 0.25) is 10.0 Å². The van der Waals surface area contributed by atoms with E-state index in [4.69, 9.17) is 46.4 Å². The van der Waals surface area contributed by atoms with Gasteiger partial charge in [-0.2, -0.15) is 0 Å². The number of alkyl halides is 4. The third-order valence-corrected chi connectivity index (χ3v) is 3.97. The molecule has 0 bridgehead atoms. The van der Waals surface area contributed by atoms with Crippen LogP contribution in [0, 0.1) is 0 Å². The molecule has 0 aromatic heterocycles. The fraction of sp³-hybridized carbons (Fsp3) is 0.250. The largest absolute Gasteiger partial charge is 0.198 e. The molecule has 0 radical (unpaired) electrons. The maximum absolute atomic E-state index is 6.01. The average molecular weight is 402 g/mol. The van der Waals surface area contributed by atoms with Gasteiger partial charge >= 0.3 is 0 Å². The van der Waals surface area contributed by atoms with Crippen molar-refractivity contribution >= 4 is 78.3 Å². The van der Waals surface area contributed by atoms with Gasteiger partial charge in [0, 0.05) is 10.9 Å². The van der Waals surface area contributed by atoms with Gasteiger partial charge in [-0.05, 0) is 21.5 Å². The van der Waals surface area contributed by atoms with Gasteiger partial charge in [-0.15, -0.1) is 0 Å². The third-order valence-electron chi connectivity index (χ3n) is 1.61. The van der Waals surface area contributed by atoms with E-state index in [1.807, 2.05) is 6.07 Å². The standard InChI is InChI=1S/C8H4Br2Cl4/c9-3-4-1-2-5(8(10,13)14)7(12)6(4)11/h1-2H,3H2. The molecular weight excluding hydrogens is 398 g/mol. The maximum atomic E-state index is 6.01. The van der Waals surface area contributed by atoms with Gasteiger partial charge in [0.1, 0.15) is 0 Å². The lowest BCUT2D eigenvalue weighted by Gasteiger charge is -2.15. The lowest BCUT2D eigenvalue weighted by Crippen LogP contribution is -2.01. The highest BCUT2D eigenvalue weighted by Gasteiger charge is 2.26. The molecule has 0 aliphatic rings. The predicted molar refractivity (Wildman–Crippen MR) is 71.4 cm³/mol. The number of halogens is 6. The summed E-state index contributed by atoms with van der Waals surface area (Å²) in [5.41, 5.74) is 1.43. The number of hydrogen-bond donors (Lipinski definition) is 0. The van der Waals surface area contributed by atoms with E-state index in [0.29, 0.717) is 20.9 Å². The molecule has 0 fully saturated rings. The summed E-state index contributed by atoms with van der Waals surface area (Å²) < 4.78 is -1.21. The monoisotopic (exact) mass is 398 g/mol. The highest BCUT2D eigenvalue weighted by atomic mass is 79.9. The van der Waals surface area contributed by atoms with E-state index < -0.39 is 3.24 Å². The Kier molecular flexibility index (Phi) is 4.90. The van der Waals surface area contributed by atoms with Gasteiger partial charge < -0.3 is 0 Å². The zero-order chi connectivity index (χ0) is 10.9. The summed E-state index contributed by atoms with van der Waals surface area (Å²) in [5.74, 6) is 0. The molecule has 0 saturated carbocycles. The molecule has 1 aromatic rings. The zero-order valence-corrected chi connectivity index (χ0v) is 12.8. The van der Waals surface area contributed by atoms with Crippen LogP contribution >= 0.6 is 78.3 Å². The molecule has 6 heteroatoms. The smallest absolute Gasteiger partial charge is 0.0876 e. The molecule has 0 aliphatic heterocycles. The quantitative estimate of drug-likeness (QED) is 0.544. The second kappa shape index (κ2) is 5.11. The van der Waals surface area contributed by atoms with Crippen molar-refractivity contribution in [1.29, 1.82) is 0 Å². The summed E-state index contributed by atoms with van der Waals surface area (Å²) in [7, 11) is 0. The summed E-state index contributed by atoms with van der Waals surface area (Å²) in [6, 6.07) is 3.55. The molecule has 0 atom stereocenters. The van der Waals surface area contributed by atoms with Crippen molar-refractivity contribution in [3.05, 3.63) is 33.3 Å². The van der Waals surface area contributed by atoms with Crippen LogP contribution in [0.25, 0.3) is 0 Å². The highest BCUT2D eigenvalue weighted by Crippen LogP contribution is 2.46. The average Bonchev–Trinajstić information content (AvgIpc) is 2.07. The normalized spacial score (nSPS) is 11.9. The molecule has 14 heavy (non-hydrogen) atoms. The van der Waals surface area contributed by atoms with Crippen LogP contribution in [0.3, 0.4) is 0 Å². The number of rotatable bonds is 2. The lowest BCUT2D eigenvalue weighted by atomic mass is 10.2. The highest BCUT2D eigenvalue weighted by molar-refractivity contribution is 9.10. The van der Waals surface area contributed by atoms with Crippen LogP contribution in [-0.4, -0.2) is 0 Å². The molecular formula is C8H4Br2Cl4. The molecule has 0 N–H and O–H groups in total. The van der Waals surface area contributed by atoms with Crippen LogP contribution < -0.4 is 0 Å². The molecule has 0 nitrogen and oxygen atoms in total. The predicted octanol–water partition coefficient (Wildman–Crippen LogP) is 5.87. The molecule has 0 heterocycles. The molecule has 0 spiro atoms. The van der Waals surface area contributed by atoms with Crippen LogP contribution in [0.15, 0.2) is 12.1 Å². The summed E-state index contributed by atoms with van der Waals surface area (Å²) in [6.45, 7) is 0. The van der Waals surface area contributed by atoms with Gasteiger partial charge in [0.25, 0.3) is 0 Å². The van der Waals surface area contributed by atoms with Crippen LogP contribution in [0.1, 0.15) is 11.1 Å². The zero-order valence-electron chi connectivity index (χ0n) is 6.63. The van der Waals surface area contributed by atoms with Gasteiger partial charge in [0.05, 0.1) is 10.0 Å². The van der Waals surface area contributed by atoms with Crippen molar-refractivity contribution in [3.63, 3.8) is 0 Å². The molecule has 0 unspecified atom stereocenters. The SMILES string of the molecule is Clc1c(CBr)ccc(C(Cl)(Cl)Br)c1Cl. The fourth-order valence-corrected chi connectivity index (χ4v) is 2.95. The van der Waals surface area contributed by atoms with E-state index in [9.17, 15) is 0 Å². The van der Waals surface area contributed by atoms with Crippen molar-refractivity contribution in [2.45, 2.75) is 8.57 Å². The summed E-state index contributed by atoms with van der Waals surface area (Å²) in [5, 5.41) is 1.46. The molecule has 1 aromatic carbocycles. The minimum atomic E-state index is -1.21. The molecule has 0 aliphatic carbocycles. The topological polar surface area (TPSA) is 0 Å². The van der Waals surface area contributed by atoms with Crippen molar-refractivity contribution in [2.24, 2.45) is 0 Å². The second-order valence-corrected chi connectivity index (χ2v) is 7.28. The van der Waals surface area contributed by atoms with Gasteiger partial charge in [0.15, 0.2) is 3.24 Å². The summed E-state index contributed by atoms with van der Waals surface area (Å²) >= 11 is 30.1. The van der Waals surface area contributed by atoms with Crippen molar-refractivity contribution in [1.82, 2.24) is 0 Å². The van der Waals surface area contributed by atoms with Crippen molar-refractivity contribution < 1.29 is 0 Å². The Labute approximate surface area is 119 Å². The fourth-order valence-electron chi connectivity index (χ4n) is 0.912. The Bertz CT molecular complexity index is 346. The Morgan fingerprint density at radius 2 is 1.71 bits per heavy atom. The lowest BCUT2D eigenvalue weighted by molar-refractivity contribution is 1.26. The first-order chi connectivity index (χ1) is 6.38. The first kappa shape index (κ1) is 13.4. The second-order valence-electron chi connectivity index (χ2n) is 2.53. The Morgan fingerprint density at radius 3 is 2.14 bits per heavy atom. The first-order valence-corrected chi connectivity index (χ1v) is 6.90. The molecule has 1 rings (SSSR count).